The lowest BCUT2D eigenvalue weighted by molar-refractivity contribution is 0.0952. The number of sulfonamides is 1. The van der Waals surface area contributed by atoms with Crippen molar-refractivity contribution in [3.8, 4) is 5.75 Å². The molecule has 2 aromatic rings. The molecule has 7 heteroatoms. The molecule has 0 atom stereocenters. The second-order valence-corrected chi connectivity index (χ2v) is 7.97. The van der Waals surface area contributed by atoms with Crippen molar-refractivity contribution in [3.05, 3.63) is 59.2 Å². The van der Waals surface area contributed by atoms with Gasteiger partial charge in [0.15, 0.2) is 0 Å². The van der Waals surface area contributed by atoms with Crippen molar-refractivity contribution in [2.45, 2.75) is 13.8 Å². The van der Waals surface area contributed by atoms with Crippen molar-refractivity contribution in [1.82, 2.24) is 5.32 Å². The second-order valence-electron chi connectivity index (χ2n) is 6.06. The Hall–Kier alpha value is -2.54. The molecule has 0 aromatic heterocycles. The number of para-hydroxylation sites is 1. The predicted octanol–water partition coefficient (Wildman–Crippen LogP) is 2.51. The van der Waals surface area contributed by atoms with Crippen molar-refractivity contribution < 1.29 is 17.9 Å². The van der Waals surface area contributed by atoms with E-state index in [1.165, 1.54) is 11.4 Å². The maximum Gasteiger partial charge on any atom is 0.255 e. The highest BCUT2D eigenvalue weighted by Crippen LogP contribution is 2.21. The van der Waals surface area contributed by atoms with Crippen LogP contribution in [0.3, 0.4) is 0 Å². The zero-order chi connectivity index (χ0) is 19.3. The molecule has 0 unspecified atom stereocenters. The summed E-state index contributed by atoms with van der Waals surface area (Å²) in [5.74, 6) is 0.162. The van der Waals surface area contributed by atoms with Gasteiger partial charge in [-0.2, -0.15) is 0 Å². The summed E-state index contributed by atoms with van der Waals surface area (Å²) in [6.07, 6.45) is 1.16. The molecule has 0 heterocycles. The number of hydrogen-bond donors (Lipinski definition) is 1. The minimum absolute atomic E-state index is 0.141. The molecule has 26 heavy (non-hydrogen) atoms. The summed E-state index contributed by atoms with van der Waals surface area (Å²) in [5.41, 5.74) is 3.09. The van der Waals surface area contributed by atoms with Gasteiger partial charge in [0.1, 0.15) is 5.75 Å². The molecule has 140 valence electrons. The number of nitrogens with one attached hydrogen (secondary N) is 1. The number of aryl methyl sites for hydroxylation is 2. The molecule has 0 saturated heterocycles. The monoisotopic (exact) mass is 376 g/mol. The number of anilines is 1. The van der Waals surface area contributed by atoms with Crippen molar-refractivity contribution in [2.75, 3.05) is 30.8 Å². The maximum absolute atomic E-state index is 12.3. The van der Waals surface area contributed by atoms with Gasteiger partial charge in [0, 0.05) is 6.54 Å². The van der Waals surface area contributed by atoms with E-state index in [1.54, 1.807) is 30.3 Å². The predicted molar refractivity (Wildman–Crippen MR) is 103 cm³/mol. The number of methoxy groups -OCH3 is 1. The highest BCUT2D eigenvalue weighted by molar-refractivity contribution is 7.92. The number of hydrogen-bond acceptors (Lipinski definition) is 4. The van der Waals surface area contributed by atoms with Crippen LogP contribution in [0.1, 0.15) is 21.5 Å². The van der Waals surface area contributed by atoms with Gasteiger partial charge in [0.2, 0.25) is 10.0 Å². The quantitative estimate of drug-likeness (QED) is 0.806. The molecule has 1 N–H and O–H groups in total. The normalized spacial score (nSPS) is 11.1. The molecule has 0 aliphatic carbocycles. The van der Waals surface area contributed by atoms with E-state index >= 15 is 0 Å². The van der Waals surface area contributed by atoms with Crippen LogP contribution in [-0.2, 0) is 10.0 Å². The Morgan fingerprint density at radius 2 is 1.81 bits per heavy atom. The standard InChI is InChI=1S/C19H24N2O4S/c1-14-9-10-16(13-15(14)2)21(26(4,23)24)12-11-20-19(22)17-7-5-6-8-18(17)25-3/h5-10,13H,11-12H2,1-4H3,(H,20,22). The van der Waals surface area contributed by atoms with Gasteiger partial charge >= 0.3 is 0 Å². The van der Waals surface area contributed by atoms with Crippen LogP contribution in [0.5, 0.6) is 5.75 Å². The van der Waals surface area contributed by atoms with Crippen LogP contribution < -0.4 is 14.4 Å². The lowest BCUT2D eigenvalue weighted by Gasteiger charge is -2.23. The molecule has 0 aliphatic heterocycles. The molecule has 0 spiro atoms. The van der Waals surface area contributed by atoms with Crippen molar-refractivity contribution >= 4 is 21.6 Å². The van der Waals surface area contributed by atoms with Crippen LogP contribution in [0.4, 0.5) is 5.69 Å². The molecule has 1 amide bonds. The first kappa shape index (κ1) is 19.8. The second kappa shape index (κ2) is 8.23. The molecule has 0 aliphatic rings. The molecular weight excluding hydrogens is 352 g/mol. The smallest absolute Gasteiger partial charge is 0.255 e. The maximum atomic E-state index is 12.3. The van der Waals surface area contributed by atoms with E-state index in [0.717, 1.165) is 17.4 Å². The molecule has 0 radical (unpaired) electrons. The SMILES string of the molecule is COc1ccccc1C(=O)NCCN(c1ccc(C)c(C)c1)S(C)(=O)=O. The summed E-state index contributed by atoms with van der Waals surface area (Å²) in [5, 5.41) is 2.75. The van der Waals surface area contributed by atoms with Crippen LogP contribution in [-0.4, -0.2) is 40.8 Å². The lowest BCUT2D eigenvalue weighted by Crippen LogP contribution is -2.38. The van der Waals surface area contributed by atoms with Crippen LogP contribution in [0.15, 0.2) is 42.5 Å². The van der Waals surface area contributed by atoms with E-state index in [9.17, 15) is 13.2 Å². The lowest BCUT2D eigenvalue weighted by atomic mass is 10.1. The third-order valence-electron chi connectivity index (χ3n) is 4.13. The van der Waals surface area contributed by atoms with Crippen molar-refractivity contribution in [2.24, 2.45) is 0 Å². The van der Waals surface area contributed by atoms with Crippen molar-refractivity contribution in [1.29, 1.82) is 0 Å². The third kappa shape index (κ3) is 4.76. The topological polar surface area (TPSA) is 75.7 Å². The molecule has 2 aromatic carbocycles. The highest BCUT2D eigenvalue weighted by atomic mass is 32.2. The summed E-state index contributed by atoms with van der Waals surface area (Å²) in [6, 6.07) is 12.4. The fraction of sp³-hybridized carbons (Fsp3) is 0.316. The summed E-state index contributed by atoms with van der Waals surface area (Å²) >= 11 is 0. The van der Waals surface area contributed by atoms with Crippen molar-refractivity contribution in [3.63, 3.8) is 0 Å². The first-order valence-electron chi connectivity index (χ1n) is 8.20. The Bertz CT molecular complexity index is 894. The number of ether oxygens (including phenoxy) is 1. The van der Waals surface area contributed by atoms with E-state index in [1.807, 2.05) is 26.0 Å². The first-order valence-corrected chi connectivity index (χ1v) is 10.0. The average molecular weight is 376 g/mol. The molecule has 0 saturated carbocycles. The van der Waals surface area contributed by atoms with Gasteiger partial charge in [-0.25, -0.2) is 8.42 Å². The Labute approximate surface area is 154 Å². The zero-order valence-corrected chi connectivity index (χ0v) is 16.3. The van der Waals surface area contributed by atoms with E-state index in [0.29, 0.717) is 17.0 Å². The summed E-state index contributed by atoms with van der Waals surface area (Å²) in [4.78, 5) is 12.3. The number of amides is 1. The number of nitrogens with zero attached hydrogens (tertiary/aromatic N) is 1. The summed E-state index contributed by atoms with van der Waals surface area (Å²) in [6.45, 7) is 4.22. The number of rotatable bonds is 7. The number of benzene rings is 2. The fourth-order valence-electron chi connectivity index (χ4n) is 2.57. The fourth-order valence-corrected chi connectivity index (χ4v) is 3.49. The third-order valence-corrected chi connectivity index (χ3v) is 5.32. The van der Waals surface area contributed by atoms with E-state index in [-0.39, 0.29) is 19.0 Å². The molecular formula is C19H24N2O4S. The van der Waals surface area contributed by atoms with Gasteiger partial charge in [0.25, 0.3) is 5.91 Å². The Kier molecular flexibility index (Phi) is 6.26. The van der Waals surface area contributed by atoms with Gasteiger partial charge in [-0.05, 0) is 49.2 Å². The molecule has 2 rings (SSSR count). The van der Waals surface area contributed by atoms with Gasteiger partial charge in [0.05, 0.1) is 31.2 Å². The average Bonchev–Trinajstić information content (AvgIpc) is 2.60. The van der Waals surface area contributed by atoms with Crippen LogP contribution in [0, 0.1) is 13.8 Å². The van der Waals surface area contributed by atoms with E-state index in [4.69, 9.17) is 4.74 Å². The minimum Gasteiger partial charge on any atom is -0.496 e. The first-order chi connectivity index (χ1) is 12.2. The van der Waals surface area contributed by atoms with E-state index in [2.05, 4.69) is 5.32 Å². The Balaban J connectivity index is 2.11. The van der Waals surface area contributed by atoms with Gasteiger partial charge < -0.3 is 10.1 Å². The van der Waals surface area contributed by atoms with Gasteiger partial charge in [-0.3, -0.25) is 9.10 Å². The molecule has 0 fully saturated rings. The number of carbonyl (C=O) groups excluding carboxylic acids is 1. The molecule has 6 nitrogen and oxygen atoms in total. The Morgan fingerprint density at radius 3 is 2.42 bits per heavy atom. The summed E-state index contributed by atoms with van der Waals surface area (Å²) < 4.78 is 30.8. The van der Waals surface area contributed by atoms with Crippen LogP contribution in [0.25, 0.3) is 0 Å². The van der Waals surface area contributed by atoms with Crippen LogP contribution >= 0.6 is 0 Å². The zero-order valence-electron chi connectivity index (χ0n) is 15.4. The van der Waals surface area contributed by atoms with Crippen LogP contribution in [0.2, 0.25) is 0 Å². The largest absolute Gasteiger partial charge is 0.496 e. The van der Waals surface area contributed by atoms with Gasteiger partial charge in [-0.15, -0.1) is 0 Å². The van der Waals surface area contributed by atoms with Gasteiger partial charge in [-0.1, -0.05) is 18.2 Å². The highest BCUT2D eigenvalue weighted by Gasteiger charge is 2.18. The van der Waals surface area contributed by atoms with E-state index < -0.39 is 10.0 Å². The number of carbonyl (C=O) groups is 1. The minimum atomic E-state index is -3.47. The molecule has 0 bridgehead atoms. The summed E-state index contributed by atoms with van der Waals surface area (Å²) in [7, 11) is -1.97. The Morgan fingerprint density at radius 1 is 1.12 bits per heavy atom.